The molecule has 4 N–H and O–H groups in total. The van der Waals surface area contributed by atoms with E-state index in [2.05, 4.69) is 22.6 Å². The molecule has 1 unspecified atom stereocenters. The highest BCUT2D eigenvalue weighted by Crippen LogP contribution is 1.96. The third-order valence-electron chi connectivity index (χ3n) is 1.67. The Hall–Kier alpha value is 0.570. The lowest BCUT2D eigenvalue weighted by Gasteiger charge is -2.20. The molecule has 62 valence electrons. The van der Waals surface area contributed by atoms with Crippen molar-refractivity contribution in [3.8, 4) is 0 Å². The van der Waals surface area contributed by atoms with Gasteiger partial charge < -0.3 is 0 Å². The van der Waals surface area contributed by atoms with Crippen LogP contribution in [0.15, 0.2) is 0 Å². The molecule has 4 nitrogen and oxygen atoms in total. The summed E-state index contributed by atoms with van der Waals surface area (Å²) in [6.45, 7) is 5.28. The monoisotopic (exact) mass is 258 g/mol. The maximum Gasteiger partial charge on any atom is 0.127 e. The van der Waals surface area contributed by atoms with E-state index in [0.717, 1.165) is 19.6 Å². The van der Waals surface area contributed by atoms with E-state index in [4.69, 9.17) is 5.84 Å². The summed E-state index contributed by atoms with van der Waals surface area (Å²) >= 11 is 0. The van der Waals surface area contributed by atoms with Crippen molar-refractivity contribution in [2.45, 2.75) is 13.2 Å². The molecule has 10 heavy (non-hydrogen) atoms. The van der Waals surface area contributed by atoms with E-state index >= 15 is 0 Å². The topological polar surface area (TPSA) is 53.3 Å². The quantitative estimate of drug-likeness (QED) is 0.347. The molecule has 0 aliphatic carbocycles. The smallest absolute Gasteiger partial charge is 0.127 e. The average molecular weight is 258 g/mol. The maximum absolute atomic E-state index is 5.25. The first-order valence-corrected chi connectivity index (χ1v) is 3.32. The van der Waals surface area contributed by atoms with Gasteiger partial charge in [0.05, 0.1) is 0 Å². The average Bonchev–Trinajstić information content (AvgIpc) is 2.33. The van der Waals surface area contributed by atoms with Crippen LogP contribution in [0, 0.1) is 0 Å². The number of hydrogen-bond acceptors (Lipinski definition) is 4. The molecule has 0 saturated carbocycles. The molecule has 0 spiro atoms. The molecule has 0 radical (unpaired) electrons. The van der Waals surface area contributed by atoms with Crippen molar-refractivity contribution in [2.24, 2.45) is 5.84 Å². The van der Waals surface area contributed by atoms with Gasteiger partial charge in [0.25, 0.3) is 0 Å². The molecule has 0 bridgehead atoms. The van der Waals surface area contributed by atoms with Crippen LogP contribution in [0.3, 0.4) is 0 Å². The highest BCUT2D eigenvalue weighted by atomic mass is 127. The Morgan fingerprint density at radius 1 is 1.80 bits per heavy atom. The number of nitrogens with one attached hydrogen (secondary N) is 2. The zero-order valence-corrected chi connectivity index (χ0v) is 8.46. The minimum absolute atomic E-state index is 0. The first kappa shape index (κ1) is 10.6. The summed E-state index contributed by atoms with van der Waals surface area (Å²) in [5.74, 6) is 5.25. The fraction of sp³-hybridized carbons (Fsp3) is 1.00. The van der Waals surface area contributed by atoms with Crippen molar-refractivity contribution >= 4 is 24.0 Å². The van der Waals surface area contributed by atoms with Crippen molar-refractivity contribution < 1.29 is 0 Å². The third kappa shape index (κ3) is 2.31. The van der Waals surface area contributed by atoms with Crippen LogP contribution in [-0.2, 0) is 0 Å². The zero-order valence-electron chi connectivity index (χ0n) is 6.13. The molecule has 5 heteroatoms. The predicted octanol–water partition coefficient (Wildman–Crippen LogP) is -0.724. The van der Waals surface area contributed by atoms with Gasteiger partial charge in [-0.15, -0.1) is 24.0 Å². The lowest BCUT2D eigenvalue weighted by Crippen LogP contribution is -2.50. The van der Waals surface area contributed by atoms with E-state index in [-0.39, 0.29) is 30.3 Å². The summed E-state index contributed by atoms with van der Waals surface area (Å²) < 4.78 is 0. The van der Waals surface area contributed by atoms with Gasteiger partial charge in [0, 0.05) is 13.1 Å². The molecule has 0 amide bonds. The van der Waals surface area contributed by atoms with Gasteiger partial charge in [-0.1, -0.05) is 6.92 Å². The largest absolute Gasteiger partial charge is 0.287 e. The highest BCUT2D eigenvalue weighted by Gasteiger charge is 2.19. The number of halogens is 1. The van der Waals surface area contributed by atoms with E-state index < -0.39 is 0 Å². The first-order chi connectivity index (χ1) is 4.38. The van der Waals surface area contributed by atoms with Gasteiger partial charge in [0.15, 0.2) is 0 Å². The summed E-state index contributed by atoms with van der Waals surface area (Å²) in [7, 11) is 0. The van der Waals surface area contributed by atoms with Crippen molar-refractivity contribution in [3.05, 3.63) is 0 Å². The minimum atomic E-state index is 0. The number of rotatable bonds is 2. The van der Waals surface area contributed by atoms with E-state index in [1.54, 1.807) is 0 Å². The van der Waals surface area contributed by atoms with E-state index in [1.165, 1.54) is 0 Å². The third-order valence-corrected chi connectivity index (χ3v) is 1.67. The van der Waals surface area contributed by atoms with E-state index in [0.29, 0.717) is 0 Å². The van der Waals surface area contributed by atoms with E-state index in [1.807, 2.05) is 0 Å². The van der Waals surface area contributed by atoms with Crippen molar-refractivity contribution in [3.63, 3.8) is 0 Å². The standard InChI is InChI=1S/C5H14N4.HI/c1-2-9-4-3-7-5(9)8-6;/h5,7-8H,2-4,6H2,1H3;1H. The summed E-state index contributed by atoms with van der Waals surface area (Å²) in [6, 6.07) is 0. The molecular formula is C5H15IN4. The SMILES string of the molecule is CCN1CCNC1NN.I. The predicted molar refractivity (Wildman–Crippen MR) is 51.8 cm³/mol. The Morgan fingerprint density at radius 3 is 2.90 bits per heavy atom. The van der Waals surface area contributed by atoms with Crippen LogP contribution in [0.5, 0.6) is 0 Å². The Balaban J connectivity index is 0.000000810. The van der Waals surface area contributed by atoms with Gasteiger partial charge >= 0.3 is 0 Å². The molecule has 1 aliphatic rings. The van der Waals surface area contributed by atoms with Crippen LogP contribution in [0.4, 0.5) is 0 Å². The second-order valence-corrected chi connectivity index (χ2v) is 2.15. The van der Waals surface area contributed by atoms with Crippen LogP contribution in [-0.4, -0.2) is 30.8 Å². The van der Waals surface area contributed by atoms with Crippen molar-refractivity contribution in [2.75, 3.05) is 19.6 Å². The summed E-state index contributed by atoms with van der Waals surface area (Å²) in [5, 5.41) is 3.20. The number of hydrazine groups is 1. The molecule has 1 heterocycles. The molecule has 1 atom stereocenters. The van der Waals surface area contributed by atoms with Gasteiger partial charge in [-0.05, 0) is 6.54 Å². The first-order valence-electron chi connectivity index (χ1n) is 3.32. The molecular weight excluding hydrogens is 243 g/mol. The second kappa shape index (κ2) is 5.25. The molecule has 1 aliphatic heterocycles. The van der Waals surface area contributed by atoms with Crippen molar-refractivity contribution in [1.82, 2.24) is 15.6 Å². The number of nitrogens with two attached hydrogens (primary N) is 1. The molecule has 0 aromatic carbocycles. The van der Waals surface area contributed by atoms with Gasteiger partial charge in [-0.2, -0.15) is 0 Å². The zero-order chi connectivity index (χ0) is 6.69. The molecule has 1 rings (SSSR count). The van der Waals surface area contributed by atoms with Gasteiger partial charge in [0.2, 0.25) is 0 Å². The van der Waals surface area contributed by atoms with Crippen molar-refractivity contribution in [1.29, 1.82) is 0 Å². The maximum atomic E-state index is 5.25. The van der Waals surface area contributed by atoms with Crippen LogP contribution < -0.4 is 16.6 Å². The molecule has 0 aromatic rings. The number of nitrogens with zero attached hydrogens (tertiary/aromatic N) is 1. The van der Waals surface area contributed by atoms with E-state index in [9.17, 15) is 0 Å². The fourth-order valence-corrected chi connectivity index (χ4v) is 1.11. The molecule has 0 aromatic heterocycles. The fourth-order valence-electron chi connectivity index (χ4n) is 1.11. The lowest BCUT2D eigenvalue weighted by molar-refractivity contribution is 0.216. The Bertz CT molecular complexity index is 79.7. The lowest BCUT2D eigenvalue weighted by atomic mass is 10.6. The molecule has 1 fully saturated rings. The van der Waals surface area contributed by atoms with Crippen LogP contribution >= 0.6 is 24.0 Å². The van der Waals surface area contributed by atoms with Crippen LogP contribution in [0.2, 0.25) is 0 Å². The minimum Gasteiger partial charge on any atom is -0.287 e. The van der Waals surface area contributed by atoms with Gasteiger partial charge in [0.1, 0.15) is 6.29 Å². The second-order valence-electron chi connectivity index (χ2n) is 2.15. The van der Waals surface area contributed by atoms with Gasteiger partial charge in [-0.3, -0.25) is 16.1 Å². The molecule has 1 saturated heterocycles. The number of hydrogen-bond donors (Lipinski definition) is 3. The summed E-state index contributed by atoms with van der Waals surface area (Å²) in [4.78, 5) is 2.24. The Labute approximate surface area is 78.5 Å². The Morgan fingerprint density at radius 2 is 2.50 bits per heavy atom. The summed E-state index contributed by atoms with van der Waals surface area (Å²) in [6.07, 6.45) is 0.190. The summed E-state index contributed by atoms with van der Waals surface area (Å²) in [5.41, 5.74) is 2.68. The number of likely N-dealkylation sites (N-methyl/N-ethyl adjacent to an activating group) is 1. The normalized spacial score (nSPS) is 26.4. The Kier molecular flexibility index (Phi) is 5.55. The van der Waals surface area contributed by atoms with Gasteiger partial charge in [-0.25, -0.2) is 5.43 Å². The highest BCUT2D eigenvalue weighted by molar-refractivity contribution is 14.0. The van der Waals surface area contributed by atoms with Crippen LogP contribution in [0.1, 0.15) is 6.92 Å². The van der Waals surface area contributed by atoms with Crippen LogP contribution in [0.25, 0.3) is 0 Å².